The van der Waals surface area contributed by atoms with Gasteiger partial charge in [0.1, 0.15) is 17.2 Å². The lowest BCUT2D eigenvalue weighted by atomic mass is 9.81. The Balaban J connectivity index is 1.27. The summed E-state index contributed by atoms with van der Waals surface area (Å²) >= 11 is 0. The molecule has 2 aliphatic rings. The van der Waals surface area contributed by atoms with E-state index in [-0.39, 0.29) is 5.82 Å². The van der Waals surface area contributed by atoms with Gasteiger partial charge in [-0.1, -0.05) is 18.2 Å². The summed E-state index contributed by atoms with van der Waals surface area (Å²) in [6.45, 7) is 2.13. The summed E-state index contributed by atoms with van der Waals surface area (Å²) < 4.78 is 21.8. The van der Waals surface area contributed by atoms with Crippen molar-refractivity contribution in [3.05, 3.63) is 65.6 Å². The first kappa shape index (κ1) is 19.5. The molecule has 30 heavy (non-hydrogen) atoms. The fourth-order valence-electron chi connectivity index (χ4n) is 5.04. The predicted molar refractivity (Wildman–Crippen MR) is 113 cm³/mol. The van der Waals surface area contributed by atoms with Gasteiger partial charge in [0, 0.05) is 61.3 Å². The number of β-amino-alcohol motifs (C(OH)–C–C–N with tert-alkyl or cyclic N) is 1. The largest absolute Gasteiger partial charge is 0.487 e. The van der Waals surface area contributed by atoms with Crippen LogP contribution in [-0.2, 0) is 7.05 Å². The molecule has 0 aliphatic carbocycles. The Labute approximate surface area is 175 Å². The van der Waals surface area contributed by atoms with Gasteiger partial charge in [0.15, 0.2) is 0 Å². The number of para-hydroxylation sites is 1. The third-order valence-corrected chi connectivity index (χ3v) is 6.71. The van der Waals surface area contributed by atoms with Crippen LogP contribution in [0.5, 0.6) is 5.75 Å². The molecule has 0 amide bonds. The van der Waals surface area contributed by atoms with Crippen molar-refractivity contribution in [2.24, 2.45) is 7.05 Å². The quantitative estimate of drug-likeness (QED) is 0.691. The zero-order valence-corrected chi connectivity index (χ0v) is 17.1. The van der Waals surface area contributed by atoms with Crippen LogP contribution in [0.4, 0.5) is 4.39 Å². The van der Waals surface area contributed by atoms with E-state index in [0.29, 0.717) is 24.3 Å². The molecule has 0 saturated carbocycles. The van der Waals surface area contributed by atoms with Crippen LogP contribution in [0.2, 0.25) is 0 Å². The van der Waals surface area contributed by atoms with E-state index < -0.39 is 17.8 Å². The Morgan fingerprint density at radius 3 is 2.77 bits per heavy atom. The molecule has 2 atom stereocenters. The van der Waals surface area contributed by atoms with Gasteiger partial charge in [0.05, 0.1) is 12.2 Å². The van der Waals surface area contributed by atoms with Crippen molar-refractivity contribution in [1.29, 1.82) is 0 Å². The number of piperidine rings is 1. The Morgan fingerprint density at radius 1 is 1.20 bits per heavy atom. The smallest absolute Gasteiger partial charge is 0.126 e. The highest BCUT2D eigenvalue weighted by Gasteiger charge is 2.43. The molecule has 1 fully saturated rings. The number of rotatable bonds is 3. The minimum absolute atomic E-state index is 0.357. The van der Waals surface area contributed by atoms with Crippen molar-refractivity contribution in [1.82, 2.24) is 9.47 Å². The zero-order valence-electron chi connectivity index (χ0n) is 17.1. The van der Waals surface area contributed by atoms with Crippen LogP contribution in [0, 0.1) is 5.82 Å². The number of ether oxygens (including phenoxy) is 1. The first-order valence-electron chi connectivity index (χ1n) is 10.5. The molecule has 1 aromatic heterocycles. The summed E-state index contributed by atoms with van der Waals surface area (Å²) in [5.41, 5.74) is 2.18. The number of aliphatic hydroxyl groups excluding tert-OH is 2. The zero-order chi connectivity index (χ0) is 20.9. The minimum atomic E-state index is -0.711. The fourth-order valence-corrected chi connectivity index (χ4v) is 5.04. The van der Waals surface area contributed by atoms with Crippen LogP contribution in [0.3, 0.4) is 0 Å². The number of benzene rings is 2. The molecular weight excluding hydrogens is 383 g/mol. The summed E-state index contributed by atoms with van der Waals surface area (Å²) in [5.74, 6) is 0.226. The van der Waals surface area contributed by atoms with E-state index in [9.17, 15) is 14.6 Å². The van der Waals surface area contributed by atoms with Crippen LogP contribution in [0.1, 0.15) is 42.6 Å². The number of nitrogens with zero attached hydrogens (tertiary/aromatic N) is 2. The lowest BCUT2D eigenvalue weighted by molar-refractivity contribution is -0.0588. The average Bonchev–Trinajstić information content (AvgIpc) is 3.08. The Bertz CT molecular complexity index is 1070. The second-order valence-electron chi connectivity index (χ2n) is 8.72. The lowest BCUT2D eigenvalue weighted by Gasteiger charge is -2.46. The van der Waals surface area contributed by atoms with Crippen LogP contribution >= 0.6 is 0 Å². The number of aromatic nitrogens is 1. The van der Waals surface area contributed by atoms with E-state index in [1.165, 1.54) is 12.1 Å². The van der Waals surface area contributed by atoms with Crippen molar-refractivity contribution in [2.45, 2.75) is 37.1 Å². The highest BCUT2D eigenvalue weighted by atomic mass is 19.1. The highest BCUT2D eigenvalue weighted by molar-refractivity contribution is 5.84. The molecule has 3 heterocycles. The van der Waals surface area contributed by atoms with Crippen molar-refractivity contribution >= 4 is 10.9 Å². The normalized spacial score (nSPS) is 22.1. The van der Waals surface area contributed by atoms with Gasteiger partial charge in [0.25, 0.3) is 0 Å². The number of fused-ring (bicyclic) bond motifs is 2. The Kier molecular flexibility index (Phi) is 4.81. The molecule has 6 heteroatoms. The predicted octanol–water partition coefficient (Wildman–Crippen LogP) is 3.70. The molecule has 3 aromatic rings. The van der Waals surface area contributed by atoms with E-state index in [1.54, 1.807) is 6.07 Å². The molecule has 2 aromatic carbocycles. The molecule has 1 spiro atoms. The number of aliphatic hydroxyl groups is 2. The van der Waals surface area contributed by atoms with Crippen LogP contribution in [0.25, 0.3) is 10.9 Å². The summed E-state index contributed by atoms with van der Waals surface area (Å²) in [7, 11) is 2.00. The number of aryl methyl sites for hydroxylation is 1. The molecule has 5 nitrogen and oxygen atoms in total. The Hall–Kier alpha value is -2.41. The molecule has 2 aliphatic heterocycles. The monoisotopic (exact) mass is 410 g/mol. The van der Waals surface area contributed by atoms with Crippen LogP contribution in [0.15, 0.2) is 48.7 Å². The fraction of sp³-hybridized carbons (Fsp3) is 0.417. The van der Waals surface area contributed by atoms with Gasteiger partial charge in [-0.05, 0) is 37.1 Å². The minimum Gasteiger partial charge on any atom is -0.487 e. The maximum Gasteiger partial charge on any atom is 0.126 e. The summed E-state index contributed by atoms with van der Waals surface area (Å²) in [4.78, 5) is 2.26. The summed E-state index contributed by atoms with van der Waals surface area (Å²) in [5, 5.41) is 22.6. The molecule has 158 valence electrons. The standard InChI is InChI=1S/C24H27FN2O3/c1-26-14-19(17-4-2-3-5-20(17)26)22(29)15-27-10-8-24(9-11-27)13-21(28)18-12-16(25)6-7-23(18)30-24/h2-7,12,14,21-22,28-29H,8-11,13,15H2,1H3/t21-,22+/m0/s1. The van der Waals surface area contributed by atoms with Crippen molar-refractivity contribution in [2.75, 3.05) is 19.6 Å². The SMILES string of the molecule is Cn1cc([C@H](O)CN2CCC3(CC2)C[C@H](O)c2cc(F)ccc2O3)c2ccccc21. The molecule has 2 N–H and O–H groups in total. The van der Waals surface area contributed by atoms with Gasteiger partial charge < -0.3 is 24.4 Å². The van der Waals surface area contributed by atoms with Crippen LogP contribution < -0.4 is 4.74 Å². The molecular formula is C24H27FN2O3. The van der Waals surface area contributed by atoms with Gasteiger partial charge in [-0.25, -0.2) is 4.39 Å². The molecule has 1 saturated heterocycles. The molecule has 5 rings (SSSR count). The van der Waals surface area contributed by atoms with Gasteiger partial charge in [0.2, 0.25) is 0 Å². The third-order valence-electron chi connectivity index (χ3n) is 6.71. The van der Waals surface area contributed by atoms with E-state index >= 15 is 0 Å². The first-order valence-corrected chi connectivity index (χ1v) is 10.5. The number of likely N-dealkylation sites (tertiary alicyclic amines) is 1. The Morgan fingerprint density at radius 2 is 1.97 bits per heavy atom. The van der Waals surface area contributed by atoms with Crippen molar-refractivity contribution in [3.8, 4) is 5.75 Å². The maximum absolute atomic E-state index is 13.5. The van der Waals surface area contributed by atoms with E-state index in [1.807, 2.05) is 25.4 Å². The third kappa shape index (κ3) is 3.39. The molecule has 0 radical (unpaired) electrons. The summed E-state index contributed by atoms with van der Waals surface area (Å²) in [6.07, 6.45) is 2.75. The topological polar surface area (TPSA) is 57.9 Å². The van der Waals surface area contributed by atoms with E-state index in [4.69, 9.17) is 4.74 Å². The van der Waals surface area contributed by atoms with E-state index in [0.717, 1.165) is 42.4 Å². The number of hydrogen-bond acceptors (Lipinski definition) is 4. The highest BCUT2D eigenvalue weighted by Crippen LogP contribution is 2.44. The van der Waals surface area contributed by atoms with Crippen molar-refractivity contribution in [3.63, 3.8) is 0 Å². The number of halogens is 1. The maximum atomic E-state index is 13.5. The average molecular weight is 410 g/mol. The summed E-state index contributed by atoms with van der Waals surface area (Å²) in [6, 6.07) is 12.5. The first-order chi connectivity index (χ1) is 14.4. The lowest BCUT2D eigenvalue weighted by Crippen LogP contribution is -2.51. The number of hydrogen-bond donors (Lipinski definition) is 2. The van der Waals surface area contributed by atoms with Crippen molar-refractivity contribution < 1.29 is 19.3 Å². The second kappa shape index (κ2) is 7.38. The van der Waals surface area contributed by atoms with Gasteiger partial charge in [-0.3, -0.25) is 0 Å². The van der Waals surface area contributed by atoms with Gasteiger partial charge >= 0.3 is 0 Å². The molecule has 0 unspecified atom stereocenters. The molecule has 0 bridgehead atoms. The second-order valence-corrected chi connectivity index (χ2v) is 8.72. The van der Waals surface area contributed by atoms with E-state index in [2.05, 4.69) is 21.6 Å². The van der Waals surface area contributed by atoms with Gasteiger partial charge in [-0.15, -0.1) is 0 Å². The van der Waals surface area contributed by atoms with Gasteiger partial charge in [-0.2, -0.15) is 0 Å². The van der Waals surface area contributed by atoms with Crippen LogP contribution in [-0.4, -0.2) is 44.9 Å².